The lowest BCUT2D eigenvalue weighted by atomic mass is 9.79. The summed E-state index contributed by atoms with van der Waals surface area (Å²) in [6.07, 6.45) is 5.96. The fourth-order valence-corrected chi connectivity index (χ4v) is 5.28. The predicted octanol–water partition coefficient (Wildman–Crippen LogP) is 3.30. The third-order valence-electron chi connectivity index (χ3n) is 6.86. The highest BCUT2D eigenvalue weighted by molar-refractivity contribution is 5.80. The highest BCUT2D eigenvalue weighted by Gasteiger charge is 2.45. The maximum absolute atomic E-state index is 13.8. The summed E-state index contributed by atoms with van der Waals surface area (Å²) < 4.78 is 15.9. The highest BCUT2D eigenvalue weighted by Crippen LogP contribution is 2.49. The predicted molar refractivity (Wildman–Crippen MR) is 118 cm³/mol. The Balaban J connectivity index is 1.51. The number of hydrogen-bond acceptors (Lipinski definition) is 3. The Hall–Kier alpha value is -3.48. The third kappa shape index (κ3) is 3.20. The van der Waals surface area contributed by atoms with Crippen LogP contribution in [0.1, 0.15) is 36.8 Å². The van der Waals surface area contributed by atoms with Crippen molar-refractivity contribution in [1.82, 2.24) is 14.5 Å². The molecule has 1 aromatic heterocycles. The zero-order valence-corrected chi connectivity index (χ0v) is 17.7. The second kappa shape index (κ2) is 7.89. The number of rotatable bonds is 5. The molecule has 2 N–H and O–H groups in total. The highest BCUT2D eigenvalue weighted by atomic mass is 19.1. The van der Waals surface area contributed by atoms with Crippen LogP contribution >= 0.6 is 0 Å². The molecule has 7 heteroatoms. The number of piperidine rings is 1. The Morgan fingerprint density at radius 2 is 1.94 bits per heavy atom. The van der Waals surface area contributed by atoms with E-state index in [-0.39, 0.29) is 30.0 Å². The molecular formula is C25H25FN4O2. The lowest BCUT2D eigenvalue weighted by Gasteiger charge is -2.35. The number of benzene rings is 2. The molecule has 2 aliphatic rings. The van der Waals surface area contributed by atoms with E-state index in [4.69, 9.17) is 5.73 Å². The van der Waals surface area contributed by atoms with E-state index in [9.17, 15) is 14.0 Å². The summed E-state index contributed by atoms with van der Waals surface area (Å²) in [4.78, 5) is 31.2. The second-order valence-electron chi connectivity index (χ2n) is 8.61. The quantitative estimate of drug-likeness (QED) is 0.672. The van der Waals surface area contributed by atoms with Crippen LogP contribution in [0.2, 0.25) is 0 Å². The number of likely N-dealkylation sites (tertiary alicyclic amines) is 1. The Kier molecular flexibility index (Phi) is 5.04. The molecule has 2 aliphatic heterocycles. The number of nitrogens with two attached hydrogens (primary N) is 1. The van der Waals surface area contributed by atoms with Crippen molar-refractivity contribution < 1.29 is 14.0 Å². The van der Waals surface area contributed by atoms with Crippen LogP contribution in [-0.4, -0.2) is 39.4 Å². The molecule has 0 spiro atoms. The molecule has 164 valence electrons. The Labute approximate surface area is 185 Å². The minimum atomic E-state index is -0.662. The molecule has 5 rings (SSSR count). The first-order chi connectivity index (χ1) is 15.5. The van der Waals surface area contributed by atoms with E-state index in [2.05, 4.69) is 15.6 Å². The van der Waals surface area contributed by atoms with Gasteiger partial charge in [0.25, 0.3) is 0 Å². The van der Waals surface area contributed by atoms with E-state index in [1.54, 1.807) is 23.2 Å². The first-order valence-electron chi connectivity index (χ1n) is 11.0. The molecule has 32 heavy (non-hydrogen) atoms. The van der Waals surface area contributed by atoms with Gasteiger partial charge in [0.15, 0.2) is 0 Å². The van der Waals surface area contributed by atoms with Gasteiger partial charge in [0.1, 0.15) is 11.6 Å². The molecule has 1 saturated heterocycles. The Bertz CT molecular complexity index is 1170. The summed E-state index contributed by atoms with van der Waals surface area (Å²) in [7, 11) is 0. The molecule has 0 aliphatic carbocycles. The average Bonchev–Trinajstić information content (AvgIpc) is 3.39. The lowest BCUT2D eigenvalue weighted by molar-refractivity contribution is -0.135. The molecule has 0 bridgehead atoms. The molecule has 1 fully saturated rings. The molecule has 2 unspecified atom stereocenters. The van der Waals surface area contributed by atoms with Gasteiger partial charge >= 0.3 is 0 Å². The summed E-state index contributed by atoms with van der Waals surface area (Å²) in [6, 6.07) is 14.5. The van der Waals surface area contributed by atoms with E-state index in [1.807, 2.05) is 24.4 Å². The SMILES string of the molecule is NC(=O)C1CCCN(C(=O)CCC2(c3ccc(F)cc3)c3ccccc3-c3nccn32)C1. The summed E-state index contributed by atoms with van der Waals surface area (Å²) >= 11 is 0. The number of aromatic nitrogens is 2. The number of carbonyl (C=O) groups excluding carboxylic acids is 2. The largest absolute Gasteiger partial charge is 0.369 e. The Morgan fingerprint density at radius 3 is 2.72 bits per heavy atom. The molecule has 3 aromatic rings. The van der Waals surface area contributed by atoms with Crippen LogP contribution in [0.4, 0.5) is 4.39 Å². The number of carbonyl (C=O) groups is 2. The van der Waals surface area contributed by atoms with E-state index < -0.39 is 5.54 Å². The topological polar surface area (TPSA) is 81.2 Å². The van der Waals surface area contributed by atoms with Crippen LogP contribution in [0.25, 0.3) is 11.4 Å². The van der Waals surface area contributed by atoms with E-state index in [1.165, 1.54) is 12.1 Å². The fraction of sp³-hybridized carbons (Fsp3) is 0.320. The van der Waals surface area contributed by atoms with Crippen molar-refractivity contribution >= 4 is 11.8 Å². The maximum Gasteiger partial charge on any atom is 0.222 e. The van der Waals surface area contributed by atoms with Crippen molar-refractivity contribution in [3.8, 4) is 11.4 Å². The van der Waals surface area contributed by atoms with E-state index in [0.29, 0.717) is 19.5 Å². The number of hydrogen-bond donors (Lipinski definition) is 1. The fourth-order valence-electron chi connectivity index (χ4n) is 5.28. The first-order valence-corrected chi connectivity index (χ1v) is 11.0. The van der Waals surface area contributed by atoms with Crippen molar-refractivity contribution in [1.29, 1.82) is 0 Å². The van der Waals surface area contributed by atoms with Gasteiger partial charge in [0.2, 0.25) is 11.8 Å². The minimum Gasteiger partial charge on any atom is -0.369 e. The van der Waals surface area contributed by atoms with Gasteiger partial charge in [-0.05, 0) is 42.5 Å². The molecule has 0 radical (unpaired) electrons. The van der Waals surface area contributed by atoms with Crippen molar-refractivity contribution in [3.05, 3.63) is 77.9 Å². The first kappa shape index (κ1) is 20.4. The summed E-state index contributed by atoms with van der Waals surface area (Å²) in [5.41, 5.74) is 7.80. The molecule has 2 amide bonds. The lowest BCUT2D eigenvalue weighted by Crippen LogP contribution is -2.44. The van der Waals surface area contributed by atoms with Gasteiger partial charge in [-0.1, -0.05) is 36.4 Å². The summed E-state index contributed by atoms with van der Waals surface area (Å²) in [5.74, 6) is -0.0974. The van der Waals surface area contributed by atoms with Crippen LogP contribution in [0, 0.1) is 11.7 Å². The van der Waals surface area contributed by atoms with Crippen LogP contribution in [-0.2, 0) is 15.1 Å². The number of primary amides is 1. The van der Waals surface area contributed by atoms with Crippen LogP contribution in [0.3, 0.4) is 0 Å². The standard InChI is InChI=1S/C25H25FN4O2/c26-19-9-7-18(8-10-19)25(12-11-22(31)29-14-3-4-17(16-29)23(27)32)21-6-2-1-5-20(21)24-28-13-15-30(24)25/h1-2,5-10,13,15,17H,3-4,11-12,14,16H2,(H2,27,32). The molecule has 2 aromatic carbocycles. The Morgan fingerprint density at radius 1 is 1.16 bits per heavy atom. The van der Waals surface area contributed by atoms with Gasteiger partial charge in [-0.2, -0.15) is 0 Å². The number of amides is 2. The summed E-state index contributed by atoms with van der Waals surface area (Å²) in [6.45, 7) is 1.02. The van der Waals surface area contributed by atoms with Crippen molar-refractivity contribution in [2.24, 2.45) is 11.7 Å². The molecular weight excluding hydrogens is 407 g/mol. The maximum atomic E-state index is 13.8. The van der Waals surface area contributed by atoms with E-state index in [0.717, 1.165) is 35.4 Å². The monoisotopic (exact) mass is 432 g/mol. The molecule has 0 saturated carbocycles. The summed E-state index contributed by atoms with van der Waals surface area (Å²) in [5, 5.41) is 0. The van der Waals surface area contributed by atoms with Crippen LogP contribution < -0.4 is 5.73 Å². The molecule has 2 atom stereocenters. The smallest absolute Gasteiger partial charge is 0.222 e. The van der Waals surface area contributed by atoms with Gasteiger partial charge < -0.3 is 15.2 Å². The second-order valence-corrected chi connectivity index (χ2v) is 8.61. The number of halogens is 1. The zero-order chi connectivity index (χ0) is 22.3. The molecule has 3 heterocycles. The minimum absolute atomic E-state index is 0.00323. The van der Waals surface area contributed by atoms with Gasteiger partial charge in [0.05, 0.1) is 11.5 Å². The number of imidazole rings is 1. The van der Waals surface area contributed by atoms with Gasteiger partial charge in [-0.25, -0.2) is 9.37 Å². The van der Waals surface area contributed by atoms with Gasteiger partial charge in [0, 0.05) is 37.5 Å². The van der Waals surface area contributed by atoms with Crippen molar-refractivity contribution in [2.45, 2.75) is 31.2 Å². The normalized spacial score (nSPS) is 21.8. The van der Waals surface area contributed by atoms with Gasteiger partial charge in [-0.15, -0.1) is 0 Å². The molecule has 6 nitrogen and oxygen atoms in total. The average molecular weight is 432 g/mol. The van der Waals surface area contributed by atoms with Crippen molar-refractivity contribution in [2.75, 3.05) is 13.1 Å². The third-order valence-corrected chi connectivity index (χ3v) is 6.86. The van der Waals surface area contributed by atoms with Crippen LogP contribution in [0.5, 0.6) is 0 Å². The number of fused-ring (bicyclic) bond motifs is 3. The van der Waals surface area contributed by atoms with Crippen LogP contribution in [0.15, 0.2) is 60.9 Å². The van der Waals surface area contributed by atoms with E-state index >= 15 is 0 Å². The van der Waals surface area contributed by atoms with Crippen molar-refractivity contribution in [3.63, 3.8) is 0 Å². The number of nitrogens with zero attached hydrogens (tertiary/aromatic N) is 3. The zero-order valence-electron chi connectivity index (χ0n) is 17.7. The van der Waals surface area contributed by atoms with Gasteiger partial charge in [-0.3, -0.25) is 9.59 Å².